The Hall–Kier alpha value is -2.62. The minimum atomic E-state index is 0.872. The van der Waals surface area contributed by atoms with Crippen molar-refractivity contribution in [1.82, 2.24) is 15.0 Å². The number of rotatable bonds is 0. The molecule has 3 aromatic rings. The lowest BCUT2D eigenvalue weighted by atomic mass is 9.95. The summed E-state index contributed by atoms with van der Waals surface area (Å²) in [5, 5.41) is 8.72. The van der Waals surface area contributed by atoms with Crippen LogP contribution in [0.2, 0.25) is 0 Å². The largest absolute Gasteiger partial charge is 0.370 e. The first-order valence-corrected chi connectivity index (χ1v) is 7.45. The van der Waals surface area contributed by atoms with Crippen LogP contribution in [-0.2, 0) is 13.6 Å². The first kappa shape index (κ1) is 13.1. The summed E-state index contributed by atoms with van der Waals surface area (Å²) in [5.74, 6) is 0. The first-order chi connectivity index (χ1) is 10.6. The van der Waals surface area contributed by atoms with E-state index in [2.05, 4.69) is 71.6 Å². The highest BCUT2D eigenvalue weighted by atomic mass is 15.4. The molecule has 0 atom stereocenters. The van der Waals surface area contributed by atoms with E-state index in [-0.39, 0.29) is 0 Å². The SMILES string of the molecule is Cc1ccc2c(c1)N(C)Cc1ccccc1-c1c-2nnn1C. The molecule has 0 aliphatic carbocycles. The highest BCUT2D eigenvalue weighted by Gasteiger charge is 2.24. The number of benzene rings is 2. The molecular formula is C18H18N4. The molecule has 4 rings (SSSR count). The van der Waals surface area contributed by atoms with E-state index in [1.165, 1.54) is 22.4 Å². The minimum absolute atomic E-state index is 0.872. The van der Waals surface area contributed by atoms with Crippen molar-refractivity contribution in [2.24, 2.45) is 7.05 Å². The lowest BCUT2D eigenvalue weighted by molar-refractivity contribution is 0.720. The third kappa shape index (κ3) is 1.84. The Bertz CT molecular complexity index is 863. The molecule has 4 nitrogen and oxygen atoms in total. The fourth-order valence-electron chi connectivity index (χ4n) is 3.23. The van der Waals surface area contributed by atoms with Crippen molar-refractivity contribution >= 4 is 5.69 Å². The smallest absolute Gasteiger partial charge is 0.123 e. The zero-order valence-corrected chi connectivity index (χ0v) is 13.0. The number of aryl methyl sites for hydroxylation is 2. The van der Waals surface area contributed by atoms with Crippen molar-refractivity contribution in [3.63, 3.8) is 0 Å². The van der Waals surface area contributed by atoms with E-state index in [1.54, 1.807) is 0 Å². The molecule has 0 bridgehead atoms. The third-order valence-electron chi connectivity index (χ3n) is 4.33. The van der Waals surface area contributed by atoms with Gasteiger partial charge in [0.25, 0.3) is 0 Å². The van der Waals surface area contributed by atoms with Crippen molar-refractivity contribution in [3.8, 4) is 22.5 Å². The van der Waals surface area contributed by atoms with Crippen molar-refractivity contribution in [2.75, 3.05) is 11.9 Å². The molecule has 0 fully saturated rings. The summed E-state index contributed by atoms with van der Waals surface area (Å²) in [5.41, 5.74) is 8.16. The van der Waals surface area contributed by atoms with E-state index in [4.69, 9.17) is 0 Å². The van der Waals surface area contributed by atoms with Crippen LogP contribution in [0.4, 0.5) is 5.69 Å². The van der Waals surface area contributed by atoms with Crippen LogP contribution in [0.25, 0.3) is 22.5 Å². The highest BCUT2D eigenvalue weighted by Crippen LogP contribution is 2.40. The Labute approximate surface area is 130 Å². The van der Waals surface area contributed by atoms with Gasteiger partial charge >= 0.3 is 0 Å². The molecular weight excluding hydrogens is 272 g/mol. The summed E-state index contributed by atoms with van der Waals surface area (Å²) < 4.78 is 1.88. The fourth-order valence-corrected chi connectivity index (χ4v) is 3.23. The van der Waals surface area contributed by atoms with E-state index in [0.29, 0.717) is 0 Å². The lowest BCUT2D eigenvalue weighted by Gasteiger charge is -2.26. The zero-order valence-electron chi connectivity index (χ0n) is 13.0. The van der Waals surface area contributed by atoms with Crippen LogP contribution in [0.5, 0.6) is 0 Å². The summed E-state index contributed by atoms with van der Waals surface area (Å²) in [7, 11) is 4.10. The molecule has 0 amide bonds. The van der Waals surface area contributed by atoms with Gasteiger partial charge in [-0.05, 0) is 24.1 Å². The monoisotopic (exact) mass is 290 g/mol. The lowest BCUT2D eigenvalue weighted by Crippen LogP contribution is -2.19. The summed E-state index contributed by atoms with van der Waals surface area (Å²) in [6, 6.07) is 15.0. The molecule has 2 aromatic carbocycles. The molecule has 0 saturated carbocycles. The summed E-state index contributed by atoms with van der Waals surface area (Å²) >= 11 is 0. The topological polar surface area (TPSA) is 34.0 Å². The van der Waals surface area contributed by atoms with Gasteiger partial charge in [0, 0.05) is 37.5 Å². The van der Waals surface area contributed by atoms with Crippen LogP contribution >= 0.6 is 0 Å². The Morgan fingerprint density at radius 1 is 1.00 bits per heavy atom. The number of hydrogen-bond acceptors (Lipinski definition) is 3. The quantitative estimate of drug-likeness (QED) is 0.636. The van der Waals surface area contributed by atoms with Gasteiger partial charge in [-0.15, -0.1) is 5.10 Å². The third-order valence-corrected chi connectivity index (χ3v) is 4.33. The Kier molecular flexibility index (Phi) is 2.79. The Balaban J connectivity index is 2.09. The molecule has 110 valence electrons. The van der Waals surface area contributed by atoms with Gasteiger partial charge in [-0.25, -0.2) is 4.68 Å². The number of aromatic nitrogens is 3. The van der Waals surface area contributed by atoms with Crippen LogP contribution in [-0.4, -0.2) is 22.0 Å². The van der Waals surface area contributed by atoms with Gasteiger partial charge < -0.3 is 4.90 Å². The zero-order chi connectivity index (χ0) is 15.3. The molecule has 0 saturated heterocycles. The summed E-state index contributed by atoms with van der Waals surface area (Å²) in [4.78, 5) is 2.29. The molecule has 0 unspecified atom stereocenters. The molecule has 22 heavy (non-hydrogen) atoms. The van der Waals surface area contributed by atoms with Gasteiger partial charge in [0.15, 0.2) is 0 Å². The molecule has 0 N–H and O–H groups in total. The van der Waals surface area contributed by atoms with Crippen molar-refractivity contribution < 1.29 is 0 Å². The van der Waals surface area contributed by atoms with Gasteiger partial charge in [0.05, 0.1) is 5.69 Å². The molecule has 4 heteroatoms. The van der Waals surface area contributed by atoms with Gasteiger partial charge in [-0.2, -0.15) is 0 Å². The van der Waals surface area contributed by atoms with Crippen LogP contribution < -0.4 is 4.90 Å². The van der Waals surface area contributed by atoms with Crippen LogP contribution in [0.3, 0.4) is 0 Å². The Morgan fingerprint density at radius 3 is 2.68 bits per heavy atom. The van der Waals surface area contributed by atoms with Crippen LogP contribution in [0, 0.1) is 6.92 Å². The normalized spacial score (nSPS) is 13.0. The van der Waals surface area contributed by atoms with Gasteiger partial charge in [-0.3, -0.25) is 0 Å². The van der Waals surface area contributed by atoms with E-state index in [0.717, 1.165) is 23.5 Å². The molecule has 2 heterocycles. The molecule has 1 aromatic heterocycles. The molecule has 1 aliphatic rings. The second kappa shape index (κ2) is 4.70. The average Bonchev–Trinajstić information content (AvgIpc) is 2.88. The molecule has 1 aliphatic heterocycles. The predicted molar refractivity (Wildman–Crippen MR) is 88.7 cm³/mol. The maximum absolute atomic E-state index is 4.45. The van der Waals surface area contributed by atoms with Crippen molar-refractivity contribution in [3.05, 3.63) is 53.6 Å². The maximum atomic E-state index is 4.45. The molecule has 0 radical (unpaired) electrons. The summed E-state index contributed by atoms with van der Waals surface area (Å²) in [6.07, 6.45) is 0. The maximum Gasteiger partial charge on any atom is 0.123 e. The first-order valence-electron chi connectivity index (χ1n) is 7.45. The van der Waals surface area contributed by atoms with Gasteiger partial charge in [0.1, 0.15) is 5.69 Å². The number of hydrogen-bond donors (Lipinski definition) is 0. The second-order valence-corrected chi connectivity index (χ2v) is 5.94. The van der Waals surface area contributed by atoms with Crippen molar-refractivity contribution in [1.29, 1.82) is 0 Å². The van der Waals surface area contributed by atoms with E-state index in [1.807, 2.05) is 11.7 Å². The van der Waals surface area contributed by atoms with E-state index < -0.39 is 0 Å². The number of nitrogens with zero attached hydrogens (tertiary/aromatic N) is 4. The van der Waals surface area contributed by atoms with E-state index in [9.17, 15) is 0 Å². The van der Waals surface area contributed by atoms with Crippen LogP contribution in [0.15, 0.2) is 42.5 Å². The second-order valence-electron chi connectivity index (χ2n) is 5.94. The standard InChI is InChI=1S/C18H18N4/c1-12-8-9-15-16(10-12)21(2)11-13-6-4-5-7-14(13)18-17(15)19-20-22(18)3/h4-10H,11H2,1-3H3. The van der Waals surface area contributed by atoms with Crippen LogP contribution in [0.1, 0.15) is 11.1 Å². The predicted octanol–water partition coefficient (Wildman–Crippen LogP) is 3.41. The van der Waals surface area contributed by atoms with Crippen molar-refractivity contribution in [2.45, 2.75) is 13.5 Å². The Morgan fingerprint density at radius 2 is 1.82 bits per heavy atom. The number of anilines is 1. The highest BCUT2D eigenvalue weighted by molar-refractivity contribution is 5.88. The van der Waals surface area contributed by atoms with E-state index >= 15 is 0 Å². The van der Waals surface area contributed by atoms with Gasteiger partial charge in [-0.1, -0.05) is 41.6 Å². The molecule has 0 spiro atoms. The minimum Gasteiger partial charge on any atom is -0.370 e. The number of fused-ring (bicyclic) bond motifs is 5. The average molecular weight is 290 g/mol. The fraction of sp³-hybridized carbons (Fsp3) is 0.222. The van der Waals surface area contributed by atoms with Gasteiger partial charge in [0.2, 0.25) is 0 Å². The summed E-state index contributed by atoms with van der Waals surface area (Å²) in [6.45, 7) is 3.00.